The van der Waals surface area contributed by atoms with Crippen LogP contribution in [0.2, 0.25) is 0 Å². The van der Waals surface area contributed by atoms with Crippen molar-refractivity contribution in [2.45, 2.75) is 24.6 Å². The van der Waals surface area contributed by atoms with Gasteiger partial charge in [0.1, 0.15) is 6.10 Å². The average molecular weight is 328 g/mol. The summed E-state index contributed by atoms with van der Waals surface area (Å²) >= 11 is 0. The third-order valence-electron chi connectivity index (χ3n) is 3.65. The molecule has 0 saturated heterocycles. The molecule has 6 heteroatoms. The van der Waals surface area contributed by atoms with E-state index in [0.29, 0.717) is 12.0 Å². The second-order valence-corrected chi connectivity index (χ2v) is 5.49. The molecule has 0 aliphatic heterocycles. The van der Waals surface area contributed by atoms with E-state index in [9.17, 15) is 19.8 Å². The van der Waals surface area contributed by atoms with Crippen molar-refractivity contribution >= 4 is 11.9 Å². The van der Waals surface area contributed by atoms with E-state index in [0.717, 1.165) is 5.56 Å². The largest absolute Gasteiger partial charge is 0.479 e. The van der Waals surface area contributed by atoms with Crippen molar-refractivity contribution in [1.82, 2.24) is 5.32 Å². The molecule has 0 saturated carbocycles. The molecular weight excluding hydrogens is 308 g/mol. The molecular formula is C18H20N2O4. The van der Waals surface area contributed by atoms with E-state index in [1.165, 1.54) is 0 Å². The van der Waals surface area contributed by atoms with Gasteiger partial charge in [-0.3, -0.25) is 4.79 Å². The number of rotatable bonds is 7. The maximum atomic E-state index is 12.2. The van der Waals surface area contributed by atoms with Gasteiger partial charge in [0.15, 0.2) is 6.04 Å². The summed E-state index contributed by atoms with van der Waals surface area (Å²) in [6.45, 7) is 0. The number of carbonyl (C=O) groups is 2. The van der Waals surface area contributed by atoms with E-state index in [-0.39, 0.29) is 0 Å². The molecule has 6 nitrogen and oxygen atoms in total. The van der Waals surface area contributed by atoms with Crippen molar-refractivity contribution in [2.75, 3.05) is 0 Å². The minimum Gasteiger partial charge on any atom is -0.479 e. The van der Waals surface area contributed by atoms with Crippen molar-refractivity contribution in [2.24, 2.45) is 5.73 Å². The number of aliphatic hydroxyl groups excluding tert-OH is 1. The molecule has 1 unspecified atom stereocenters. The molecule has 3 atom stereocenters. The number of hydrogen-bond acceptors (Lipinski definition) is 4. The van der Waals surface area contributed by atoms with E-state index in [1.54, 1.807) is 30.3 Å². The van der Waals surface area contributed by atoms with Gasteiger partial charge in [-0.15, -0.1) is 0 Å². The Labute approximate surface area is 139 Å². The first kappa shape index (κ1) is 17.7. The third-order valence-corrected chi connectivity index (χ3v) is 3.65. The lowest BCUT2D eigenvalue weighted by atomic mass is 10.0. The predicted molar refractivity (Wildman–Crippen MR) is 89.1 cm³/mol. The van der Waals surface area contributed by atoms with Crippen LogP contribution in [0.1, 0.15) is 17.2 Å². The standard InChI is InChI=1S/C18H20N2O4/c19-14(11-12-7-3-1-4-8-12)16(21)17(22)20-15(18(23)24)13-9-5-2-6-10-13/h1-10,14-16,21H,11,19H2,(H,20,22)(H,23,24)/t14-,15?,16+/m1/s1. The summed E-state index contributed by atoms with van der Waals surface area (Å²) in [5.74, 6) is -2.02. The molecule has 0 aromatic heterocycles. The highest BCUT2D eigenvalue weighted by Crippen LogP contribution is 2.13. The van der Waals surface area contributed by atoms with Gasteiger partial charge in [0.05, 0.1) is 0 Å². The number of carbonyl (C=O) groups excluding carboxylic acids is 1. The second kappa shape index (κ2) is 8.24. The van der Waals surface area contributed by atoms with Gasteiger partial charge in [-0.1, -0.05) is 60.7 Å². The molecule has 2 rings (SSSR count). The van der Waals surface area contributed by atoms with E-state index in [4.69, 9.17) is 5.73 Å². The molecule has 5 N–H and O–H groups in total. The minimum atomic E-state index is -1.50. The van der Waals surface area contributed by atoms with Crippen LogP contribution in [0.15, 0.2) is 60.7 Å². The summed E-state index contributed by atoms with van der Waals surface area (Å²) in [4.78, 5) is 23.5. The lowest BCUT2D eigenvalue weighted by Gasteiger charge is -2.21. The van der Waals surface area contributed by atoms with Crippen LogP contribution in [0.5, 0.6) is 0 Å². The van der Waals surface area contributed by atoms with Gasteiger partial charge in [-0.2, -0.15) is 0 Å². The van der Waals surface area contributed by atoms with Crippen molar-refractivity contribution in [3.8, 4) is 0 Å². The van der Waals surface area contributed by atoms with E-state index in [2.05, 4.69) is 5.32 Å². The number of carboxylic acid groups (broad SMARTS) is 1. The topological polar surface area (TPSA) is 113 Å². The molecule has 126 valence electrons. The van der Waals surface area contributed by atoms with Gasteiger partial charge >= 0.3 is 5.97 Å². The van der Waals surface area contributed by atoms with Crippen LogP contribution in [0, 0.1) is 0 Å². The Morgan fingerprint density at radius 1 is 1.00 bits per heavy atom. The third kappa shape index (κ3) is 4.65. The Morgan fingerprint density at radius 2 is 1.54 bits per heavy atom. The lowest BCUT2D eigenvalue weighted by Crippen LogP contribution is -2.49. The molecule has 24 heavy (non-hydrogen) atoms. The summed E-state index contributed by atoms with van der Waals surface area (Å²) in [5.41, 5.74) is 7.19. The zero-order chi connectivity index (χ0) is 17.5. The fraction of sp³-hybridized carbons (Fsp3) is 0.222. The highest BCUT2D eigenvalue weighted by Gasteiger charge is 2.28. The highest BCUT2D eigenvalue weighted by molar-refractivity contribution is 5.87. The van der Waals surface area contributed by atoms with Crippen molar-refractivity contribution in [3.05, 3.63) is 71.8 Å². The van der Waals surface area contributed by atoms with Gasteiger partial charge in [0.25, 0.3) is 5.91 Å². The molecule has 0 radical (unpaired) electrons. The molecule has 0 aliphatic rings. The Bertz CT molecular complexity index is 676. The second-order valence-electron chi connectivity index (χ2n) is 5.49. The SMILES string of the molecule is N[C@H](Cc1ccccc1)[C@H](O)C(=O)NC(C(=O)O)c1ccccc1. The smallest absolute Gasteiger partial charge is 0.330 e. The molecule has 1 amide bonds. The molecule has 2 aromatic rings. The van der Waals surface area contributed by atoms with Gasteiger partial charge in [-0.05, 0) is 17.5 Å². The normalized spacial score (nSPS) is 14.4. The van der Waals surface area contributed by atoms with Crippen LogP contribution in [0.4, 0.5) is 0 Å². The molecule has 2 aromatic carbocycles. The van der Waals surface area contributed by atoms with Crippen molar-refractivity contribution in [3.63, 3.8) is 0 Å². The van der Waals surface area contributed by atoms with Crippen molar-refractivity contribution in [1.29, 1.82) is 0 Å². The first-order chi connectivity index (χ1) is 11.5. The maximum absolute atomic E-state index is 12.2. The first-order valence-electron chi connectivity index (χ1n) is 7.54. The maximum Gasteiger partial charge on any atom is 0.330 e. The molecule has 0 heterocycles. The molecule has 0 fully saturated rings. The number of hydrogen-bond donors (Lipinski definition) is 4. The summed E-state index contributed by atoms with van der Waals surface area (Å²) < 4.78 is 0. The van der Waals surface area contributed by atoms with Crippen LogP contribution < -0.4 is 11.1 Å². The van der Waals surface area contributed by atoms with Gasteiger partial charge < -0.3 is 21.3 Å². The fourth-order valence-corrected chi connectivity index (χ4v) is 2.35. The average Bonchev–Trinajstić information content (AvgIpc) is 2.60. The summed E-state index contributed by atoms with van der Waals surface area (Å²) in [5, 5.41) is 21.7. The Balaban J connectivity index is 2.02. The number of aliphatic hydroxyl groups is 1. The van der Waals surface area contributed by atoms with E-state index < -0.39 is 30.1 Å². The number of aliphatic carboxylic acids is 1. The number of benzene rings is 2. The highest BCUT2D eigenvalue weighted by atomic mass is 16.4. The number of nitrogens with one attached hydrogen (secondary N) is 1. The Morgan fingerprint density at radius 3 is 2.08 bits per heavy atom. The number of carboxylic acids is 1. The minimum absolute atomic E-state index is 0.304. The molecule has 0 spiro atoms. The number of nitrogens with two attached hydrogens (primary N) is 1. The number of amides is 1. The van der Waals surface area contributed by atoms with Crippen molar-refractivity contribution < 1.29 is 19.8 Å². The van der Waals surface area contributed by atoms with Crippen LogP contribution in [-0.2, 0) is 16.0 Å². The van der Waals surface area contributed by atoms with Crippen LogP contribution >= 0.6 is 0 Å². The van der Waals surface area contributed by atoms with Crippen LogP contribution in [0.25, 0.3) is 0 Å². The fourth-order valence-electron chi connectivity index (χ4n) is 2.35. The summed E-state index contributed by atoms with van der Waals surface area (Å²) in [6.07, 6.45) is -1.20. The zero-order valence-corrected chi connectivity index (χ0v) is 13.0. The predicted octanol–water partition coefficient (Wildman–Crippen LogP) is 0.859. The summed E-state index contributed by atoms with van der Waals surface area (Å²) in [6, 6.07) is 15.4. The Kier molecular flexibility index (Phi) is 6.06. The lowest BCUT2D eigenvalue weighted by molar-refractivity contribution is -0.143. The van der Waals surface area contributed by atoms with Gasteiger partial charge in [0, 0.05) is 6.04 Å². The van der Waals surface area contributed by atoms with Gasteiger partial charge in [0.2, 0.25) is 0 Å². The van der Waals surface area contributed by atoms with Gasteiger partial charge in [-0.25, -0.2) is 4.79 Å². The quantitative estimate of drug-likeness (QED) is 0.602. The van der Waals surface area contributed by atoms with E-state index >= 15 is 0 Å². The van der Waals surface area contributed by atoms with Crippen LogP contribution in [-0.4, -0.2) is 34.2 Å². The zero-order valence-electron chi connectivity index (χ0n) is 13.0. The Hall–Kier alpha value is -2.70. The monoisotopic (exact) mass is 328 g/mol. The first-order valence-corrected chi connectivity index (χ1v) is 7.54. The molecule has 0 aliphatic carbocycles. The van der Waals surface area contributed by atoms with Crippen LogP contribution in [0.3, 0.4) is 0 Å². The summed E-state index contributed by atoms with van der Waals surface area (Å²) in [7, 11) is 0. The molecule has 0 bridgehead atoms. The van der Waals surface area contributed by atoms with E-state index in [1.807, 2.05) is 30.3 Å².